The van der Waals surface area contributed by atoms with E-state index in [0.717, 1.165) is 11.8 Å². The Bertz CT molecular complexity index is 1290. The van der Waals surface area contributed by atoms with Gasteiger partial charge in [-0.25, -0.2) is 0 Å². The third kappa shape index (κ3) is 4.32. The molecule has 1 N–H and O–H groups in total. The van der Waals surface area contributed by atoms with Gasteiger partial charge in [-0.15, -0.1) is 0 Å². The number of nitrogens with zero attached hydrogens (tertiary/aromatic N) is 6. The number of rotatable bonds is 5. The lowest BCUT2D eigenvalue weighted by Gasteiger charge is -2.34. The number of nitrogens with one attached hydrogen (secondary N) is 1. The van der Waals surface area contributed by atoms with Crippen LogP contribution in [0.2, 0.25) is 0 Å². The van der Waals surface area contributed by atoms with Crippen LogP contribution in [0.3, 0.4) is 0 Å². The summed E-state index contributed by atoms with van der Waals surface area (Å²) in [6, 6.07) is 5.37. The average molecular weight is 481 g/mol. The highest BCUT2D eigenvalue weighted by Crippen LogP contribution is 2.34. The summed E-state index contributed by atoms with van der Waals surface area (Å²) in [5, 5.41) is 11.2. The Morgan fingerprint density at radius 1 is 1.17 bits per heavy atom. The summed E-state index contributed by atoms with van der Waals surface area (Å²) in [6.45, 7) is 1.25. The van der Waals surface area contributed by atoms with E-state index < -0.39 is 5.92 Å². The lowest BCUT2D eigenvalue weighted by Crippen LogP contribution is -2.51. The van der Waals surface area contributed by atoms with Crippen molar-refractivity contribution in [2.45, 2.75) is 18.8 Å². The predicted octanol–water partition coefficient (Wildman–Crippen LogP) is -0.160. The van der Waals surface area contributed by atoms with Gasteiger partial charge in [0.15, 0.2) is 6.61 Å². The molecule has 1 aromatic carbocycles. The Morgan fingerprint density at radius 3 is 2.66 bits per heavy atom. The van der Waals surface area contributed by atoms with Crippen LogP contribution in [0.25, 0.3) is 10.9 Å². The summed E-state index contributed by atoms with van der Waals surface area (Å²) in [5.74, 6) is -1.25. The van der Waals surface area contributed by atoms with Crippen LogP contribution in [-0.2, 0) is 21.4 Å². The Balaban J connectivity index is 1.24. The van der Waals surface area contributed by atoms with Crippen LogP contribution >= 0.6 is 0 Å². The molecule has 13 nitrogen and oxygen atoms in total. The van der Waals surface area contributed by atoms with Crippen molar-refractivity contribution in [2.75, 3.05) is 32.8 Å². The van der Waals surface area contributed by atoms with Crippen LogP contribution in [0.1, 0.15) is 35.1 Å². The average Bonchev–Trinajstić information content (AvgIpc) is 3.51. The van der Waals surface area contributed by atoms with Crippen molar-refractivity contribution in [3.8, 4) is 5.75 Å². The molecule has 5 rings (SSSR count). The molecule has 0 aliphatic carbocycles. The molecule has 1 atom stereocenters. The zero-order valence-corrected chi connectivity index (χ0v) is 19.0. The zero-order valence-electron chi connectivity index (χ0n) is 19.0. The normalized spacial score (nSPS) is 18.6. The maximum atomic E-state index is 12.8. The number of aryl methyl sites for hydroxylation is 1. The van der Waals surface area contributed by atoms with E-state index in [2.05, 4.69) is 25.1 Å². The minimum Gasteiger partial charge on any atom is -0.481 e. The largest absolute Gasteiger partial charge is 0.481 e. The molecule has 2 fully saturated rings. The lowest BCUT2D eigenvalue weighted by molar-refractivity contribution is -0.135. The summed E-state index contributed by atoms with van der Waals surface area (Å²) in [7, 11) is 1.74. The van der Waals surface area contributed by atoms with Crippen molar-refractivity contribution in [3.05, 3.63) is 36.1 Å². The first-order chi connectivity index (χ1) is 16.9. The number of ether oxygens (including phenoxy) is 1. The van der Waals surface area contributed by atoms with E-state index in [4.69, 9.17) is 4.74 Å². The van der Waals surface area contributed by atoms with E-state index in [9.17, 15) is 19.2 Å². The third-order valence-electron chi connectivity index (χ3n) is 6.25. The van der Waals surface area contributed by atoms with Crippen LogP contribution in [0.5, 0.6) is 5.75 Å². The summed E-state index contributed by atoms with van der Waals surface area (Å²) in [6.07, 6.45) is 1.75. The summed E-state index contributed by atoms with van der Waals surface area (Å²) < 4.78 is 12.1. The number of imide groups is 1. The molecule has 2 aliphatic heterocycles. The van der Waals surface area contributed by atoms with Gasteiger partial charge in [0.25, 0.3) is 17.6 Å². The van der Waals surface area contributed by atoms with E-state index in [1.807, 2.05) is 6.07 Å². The number of hydrogen-bond donors (Lipinski definition) is 1. The van der Waals surface area contributed by atoms with Gasteiger partial charge >= 0.3 is 0 Å². The number of piperazine rings is 1. The van der Waals surface area contributed by atoms with E-state index in [1.54, 1.807) is 33.7 Å². The molecule has 0 spiro atoms. The minimum absolute atomic E-state index is 0.00550. The first kappa shape index (κ1) is 22.5. The number of carbonyl (C=O) groups is 4. The zero-order chi connectivity index (χ0) is 24.5. The van der Waals surface area contributed by atoms with E-state index in [0.29, 0.717) is 49.6 Å². The van der Waals surface area contributed by atoms with Crippen molar-refractivity contribution in [1.29, 1.82) is 0 Å². The molecule has 4 heterocycles. The van der Waals surface area contributed by atoms with Gasteiger partial charge in [-0.3, -0.25) is 29.2 Å². The van der Waals surface area contributed by atoms with Gasteiger partial charge in [0.05, 0.1) is 11.6 Å². The highest BCUT2D eigenvalue weighted by molar-refractivity contribution is 6.03. The van der Waals surface area contributed by atoms with Crippen LogP contribution in [-0.4, -0.2) is 86.1 Å². The molecule has 0 bridgehead atoms. The molecule has 2 aromatic heterocycles. The number of hydrogen-bond acceptors (Lipinski definition) is 9. The molecule has 2 aliphatic rings. The van der Waals surface area contributed by atoms with E-state index >= 15 is 0 Å². The number of aromatic nitrogens is 4. The molecule has 3 aromatic rings. The number of fused-ring (bicyclic) bond motifs is 1. The Kier molecular flexibility index (Phi) is 5.89. The minimum atomic E-state index is -0.528. The number of para-hydroxylation sites is 1. The monoisotopic (exact) mass is 481 g/mol. The molecule has 1 unspecified atom stereocenters. The van der Waals surface area contributed by atoms with Crippen LogP contribution in [0.4, 0.5) is 0 Å². The van der Waals surface area contributed by atoms with Gasteiger partial charge in [0.2, 0.25) is 18.2 Å². The summed E-state index contributed by atoms with van der Waals surface area (Å²) in [4.78, 5) is 56.0. The van der Waals surface area contributed by atoms with Crippen molar-refractivity contribution in [3.63, 3.8) is 0 Å². The number of benzene rings is 1. The van der Waals surface area contributed by atoms with Crippen molar-refractivity contribution >= 4 is 34.5 Å². The van der Waals surface area contributed by atoms with Gasteiger partial charge in [-0.2, -0.15) is 10.1 Å². The highest BCUT2D eigenvalue weighted by Gasteiger charge is 2.32. The fraction of sp³-hybridized carbons (Fsp3) is 0.409. The Morgan fingerprint density at radius 2 is 1.94 bits per heavy atom. The molecule has 0 radical (unpaired) electrons. The molecular formula is C22H23N7O6. The maximum absolute atomic E-state index is 12.8. The summed E-state index contributed by atoms with van der Waals surface area (Å²) in [5.41, 5.74) is 1.24. The molecule has 2 saturated heterocycles. The van der Waals surface area contributed by atoms with Gasteiger partial charge < -0.3 is 19.1 Å². The fourth-order valence-corrected chi connectivity index (χ4v) is 4.45. The lowest BCUT2D eigenvalue weighted by atomic mass is 9.93. The molecule has 35 heavy (non-hydrogen) atoms. The SMILES string of the molecule is Cn1nc(C2CCC(=O)NC2=O)c2cccc(OCC(=O)N3CCN(C(=O)c4ncon4)CC3)c21. The van der Waals surface area contributed by atoms with Gasteiger partial charge in [-0.05, 0) is 12.5 Å². The first-order valence-corrected chi connectivity index (χ1v) is 11.2. The van der Waals surface area contributed by atoms with Gasteiger partial charge in [0.1, 0.15) is 11.3 Å². The molecule has 4 amide bonds. The highest BCUT2D eigenvalue weighted by atomic mass is 16.5. The van der Waals surface area contributed by atoms with Gasteiger partial charge in [-0.1, -0.05) is 17.3 Å². The molecule has 13 heteroatoms. The van der Waals surface area contributed by atoms with Crippen molar-refractivity contribution in [1.82, 2.24) is 35.0 Å². The standard InChI is InChI=1S/C22H23N7O6/c1-27-19-13(18(25-27)14-5-6-16(30)24-21(14)32)3-2-4-15(19)34-11-17(31)28-7-9-29(10-8-28)22(33)20-23-12-35-26-20/h2-4,12,14H,5-11H2,1H3,(H,24,30,32). The number of amides is 4. The number of carbonyl (C=O) groups excluding carboxylic acids is 4. The molecule has 0 saturated carbocycles. The molecular weight excluding hydrogens is 458 g/mol. The van der Waals surface area contributed by atoms with E-state index in [1.165, 1.54) is 0 Å². The van der Waals surface area contributed by atoms with Crippen LogP contribution in [0, 0.1) is 0 Å². The van der Waals surface area contributed by atoms with Crippen LogP contribution in [0.15, 0.2) is 29.1 Å². The fourth-order valence-electron chi connectivity index (χ4n) is 4.45. The smallest absolute Gasteiger partial charge is 0.295 e. The first-order valence-electron chi connectivity index (χ1n) is 11.2. The maximum Gasteiger partial charge on any atom is 0.295 e. The second-order valence-electron chi connectivity index (χ2n) is 8.38. The predicted molar refractivity (Wildman–Crippen MR) is 118 cm³/mol. The van der Waals surface area contributed by atoms with Crippen molar-refractivity contribution < 1.29 is 28.4 Å². The Labute approximate surface area is 199 Å². The Hall–Kier alpha value is -4.29. The summed E-state index contributed by atoms with van der Waals surface area (Å²) >= 11 is 0. The van der Waals surface area contributed by atoms with Crippen molar-refractivity contribution in [2.24, 2.45) is 7.05 Å². The second kappa shape index (κ2) is 9.16. The topological polar surface area (TPSA) is 153 Å². The third-order valence-corrected chi connectivity index (χ3v) is 6.25. The molecule has 182 valence electrons. The van der Waals surface area contributed by atoms with Gasteiger partial charge in [0, 0.05) is 45.0 Å². The second-order valence-corrected chi connectivity index (χ2v) is 8.38. The van der Waals surface area contributed by atoms with Crippen LogP contribution < -0.4 is 10.1 Å². The quantitative estimate of drug-likeness (QED) is 0.490. The van der Waals surface area contributed by atoms with E-state index in [-0.39, 0.29) is 42.5 Å². The number of piperidine rings is 1.